The van der Waals surface area contributed by atoms with Crippen molar-refractivity contribution >= 4 is 0 Å². The number of hydrogen-bond donors (Lipinski definition) is 0. The molecule has 0 saturated heterocycles. The van der Waals surface area contributed by atoms with Crippen LogP contribution in [0, 0.1) is 0 Å². The van der Waals surface area contributed by atoms with E-state index in [0.29, 0.717) is 0 Å². The molecule has 0 aromatic rings. The lowest BCUT2D eigenvalue weighted by Crippen LogP contribution is -1.75. The minimum atomic E-state index is 1.23. The first kappa shape index (κ1) is 7.59. The third-order valence-electron chi connectivity index (χ3n) is 1.82. The van der Waals surface area contributed by atoms with Gasteiger partial charge in [-0.1, -0.05) is 24.3 Å². The summed E-state index contributed by atoms with van der Waals surface area (Å²) in [4.78, 5) is 0. The average molecular weight is 136 g/mol. The molecule has 0 atom stereocenters. The third-order valence-corrected chi connectivity index (χ3v) is 1.82. The molecular weight excluding hydrogens is 120 g/mol. The summed E-state index contributed by atoms with van der Waals surface area (Å²) in [6.45, 7) is 0. The molecule has 1 aliphatic rings. The topological polar surface area (TPSA) is 0 Å². The second kappa shape index (κ2) is 5.28. The molecule has 1 aliphatic carbocycles. The quantitative estimate of drug-likeness (QED) is 0.447. The molecule has 0 heteroatoms. The molecule has 0 spiro atoms. The first-order valence-corrected chi connectivity index (χ1v) is 4.30. The van der Waals surface area contributed by atoms with Gasteiger partial charge >= 0.3 is 0 Å². The highest BCUT2D eigenvalue weighted by atomic mass is 13.9. The summed E-state index contributed by atoms with van der Waals surface area (Å²) < 4.78 is 0. The molecule has 1 rings (SSSR count). The van der Waals surface area contributed by atoms with E-state index < -0.39 is 0 Å². The Kier molecular flexibility index (Phi) is 4.00. The number of hydrogen-bond acceptors (Lipinski definition) is 0. The predicted molar refractivity (Wildman–Crippen MR) is 46.0 cm³/mol. The van der Waals surface area contributed by atoms with E-state index in [9.17, 15) is 0 Å². The zero-order valence-corrected chi connectivity index (χ0v) is 6.55. The Hall–Kier alpha value is -0.520. The van der Waals surface area contributed by atoms with Crippen molar-refractivity contribution in [1.82, 2.24) is 0 Å². The second-order valence-electron chi connectivity index (χ2n) is 2.80. The molecule has 0 amide bonds. The standard InChI is InChI=1S/C10H16/c1-2-4-6-8-10-9-7-5-3-1/h1-2,7,9H,3-6,8,10H2/b2-1-,9-7?. The highest BCUT2D eigenvalue weighted by Gasteiger charge is 1.85. The molecule has 0 fully saturated rings. The lowest BCUT2D eigenvalue weighted by atomic mass is 10.1. The molecule has 0 bridgehead atoms. The summed E-state index contributed by atoms with van der Waals surface area (Å²) >= 11 is 0. The zero-order valence-electron chi connectivity index (χ0n) is 6.55. The van der Waals surface area contributed by atoms with E-state index in [1.807, 2.05) is 0 Å². The van der Waals surface area contributed by atoms with Gasteiger partial charge in [0.05, 0.1) is 0 Å². The first-order valence-electron chi connectivity index (χ1n) is 4.30. The summed E-state index contributed by atoms with van der Waals surface area (Å²) in [6, 6.07) is 0. The number of rotatable bonds is 0. The van der Waals surface area contributed by atoms with Crippen molar-refractivity contribution in [2.24, 2.45) is 0 Å². The van der Waals surface area contributed by atoms with Gasteiger partial charge in [0.15, 0.2) is 0 Å². The van der Waals surface area contributed by atoms with Crippen LogP contribution in [0.15, 0.2) is 24.3 Å². The smallest absolute Gasteiger partial charge is 0.0316 e. The minimum absolute atomic E-state index is 1.23. The number of allylic oxidation sites excluding steroid dienone is 4. The van der Waals surface area contributed by atoms with Gasteiger partial charge < -0.3 is 0 Å². The van der Waals surface area contributed by atoms with Crippen LogP contribution >= 0.6 is 0 Å². The second-order valence-corrected chi connectivity index (χ2v) is 2.80. The van der Waals surface area contributed by atoms with Crippen molar-refractivity contribution < 1.29 is 0 Å². The Balaban J connectivity index is 2.23. The first-order chi connectivity index (χ1) is 5.00. The highest BCUT2D eigenvalue weighted by molar-refractivity contribution is 4.89. The molecule has 0 radical (unpaired) electrons. The van der Waals surface area contributed by atoms with Crippen molar-refractivity contribution in [3.8, 4) is 0 Å². The molecule has 0 aromatic carbocycles. The van der Waals surface area contributed by atoms with E-state index in [4.69, 9.17) is 0 Å². The third kappa shape index (κ3) is 3.49. The Morgan fingerprint density at radius 3 is 1.40 bits per heavy atom. The fourth-order valence-corrected chi connectivity index (χ4v) is 1.19. The van der Waals surface area contributed by atoms with Crippen LogP contribution < -0.4 is 0 Å². The molecule has 0 aromatic heterocycles. The van der Waals surface area contributed by atoms with Gasteiger partial charge in [-0.15, -0.1) is 0 Å². The van der Waals surface area contributed by atoms with E-state index in [-0.39, 0.29) is 0 Å². The maximum atomic E-state index is 2.32. The molecule has 10 heavy (non-hydrogen) atoms. The summed E-state index contributed by atoms with van der Waals surface area (Å²) in [5.41, 5.74) is 0. The molecule has 0 heterocycles. The van der Waals surface area contributed by atoms with Gasteiger partial charge in [0.25, 0.3) is 0 Å². The summed E-state index contributed by atoms with van der Waals surface area (Å²) in [6.07, 6.45) is 17.0. The molecule has 56 valence electrons. The Morgan fingerprint density at radius 1 is 0.500 bits per heavy atom. The van der Waals surface area contributed by atoms with Crippen LogP contribution in [0.1, 0.15) is 38.5 Å². The lowest BCUT2D eigenvalue weighted by Gasteiger charge is -1.95. The van der Waals surface area contributed by atoms with Gasteiger partial charge in [-0.05, 0) is 38.5 Å². The van der Waals surface area contributed by atoms with Crippen LogP contribution in [0.4, 0.5) is 0 Å². The van der Waals surface area contributed by atoms with Gasteiger partial charge in [0, 0.05) is 0 Å². The molecule has 0 N–H and O–H groups in total. The van der Waals surface area contributed by atoms with Gasteiger partial charge in [0.2, 0.25) is 0 Å². The van der Waals surface area contributed by atoms with Crippen molar-refractivity contribution in [3.63, 3.8) is 0 Å². The SMILES string of the molecule is C1=CCCCC/C=C\CC1. The van der Waals surface area contributed by atoms with Crippen LogP contribution in [0.2, 0.25) is 0 Å². The molecule has 0 saturated carbocycles. The lowest BCUT2D eigenvalue weighted by molar-refractivity contribution is 0.754. The van der Waals surface area contributed by atoms with Gasteiger partial charge in [-0.2, -0.15) is 0 Å². The van der Waals surface area contributed by atoms with Crippen LogP contribution in [0.25, 0.3) is 0 Å². The maximum Gasteiger partial charge on any atom is -0.0316 e. The average Bonchev–Trinajstić information content (AvgIpc) is 2.01. The Morgan fingerprint density at radius 2 is 0.900 bits per heavy atom. The van der Waals surface area contributed by atoms with E-state index in [0.717, 1.165) is 0 Å². The van der Waals surface area contributed by atoms with Crippen LogP contribution in [-0.4, -0.2) is 0 Å². The molecule has 0 unspecified atom stereocenters. The molecule has 0 nitrogen and oxygen atoms in total. The van der Waals surface area contributed by atoms with E-state index in [1.54, 1.807) is 0 Å². The zero-order chi connectivity index (χ0) is 7.07. The Bertz CT molecular complexity index is 104. The van der Waals surface area contributed by atoms with Crippen LogP contribution in [-0.2, 0) is 0 Å². The summed E-state index contributed by atoms with van der Waals surface area (Å²) in [5, 5.41) is 0. The van der Waals surface area contributed by atoms with Crippen LogP contribution in [0.5, 0.6) is 0 Å². The summed E-state index contributed by atoms with van der Waals surface area (Å²) in [7, 11) is 0. The van der Waals surface area contributed by atoms with E-state index in [2.05, 4.69) is 24.3 Å². The van der Waals surface area contributed by atoms with Crippen molar-refractivity contribution in [3.05, 3.63) is 24.3 Å². The fourth-order valence-electron chi connectivity index (χ4n) is 1.19. The fraction of sp³-hybridized carbons (Fsp3) is 0.600. The minimum Gasteiger partial charge on any atom is -0.0885 e. The van der Waals surface area contributed by atoms with Gasteiger partial charge in [0.1, 0.15) is 0 Å². The maximum absolute atomic E-state index is 2.32. The highest BCUT2D eigenvalue weighted by Crippen LogP contribution is 2.05. The van der Waals surface area contributed by atoms with Crippen molar-refractivity contribution in [2.45, 2.75) is 38.5 Å². The van der Waals surface area contributed by atoms with Crippen molar-refractivity contribution in [2.75, 3.05) is 0 Å². The summed E-state index contributed by atoms with van der Waals surface area (Å²) in [5.74, 6) is 0. The van der Waals surface area contributed by atoms with Crippen LogP contribution in [0.3, 0.4) is 0 Å². The van der Waals surface area contributed by atoms with Gasteiger partial charge in [-0.25, -0.2) is 0 Å². The molecular formula is C10H16. The van der Waals surface area contributed by atoms with Crippen molar-refractivity contribution in [1.29, 1.82) is 0 Å². The van der Waals surface area contributed by atoms with Gasteiger partial charge in [-0.3, -0.25) is 0 Å². The van der Waals surface area contributed by atoms with E-state index >= 15 is 0 Å². The Labute approximate surface area is 63.6 Å². The molecule has 0 aliphatic heterocycles. The predicted octanol–water partition coefficient (Wildman–Crippen LogP) is 3.45. The monoisotopic (exact) mass is 136 g/mol. The largest absolute Gasteiger partial charge is 0.0885 e. The normalized spacial score (nSPS) is 24.0. The van der Waals surface area contributed by atoms with E-state index in [1.165, 1.54) is 38.5 Å².